The molecule has 0 saturated heterocycles. The van der Waals surface area contributed by atoms with Crippen LogP contribution in [0.15, 0.2) is 82.4 Å². The lowest BCUT2D eigenvalue weighted by molar-refractivity contribution is -0.677. The maximum absolute atomic E-state index is 11.4. The average Bonchev–Trinajstić information content (AvgIpc) is 3.50. The van der Waals surface area contributed by atoms with Crippen LogP contribution in [-0.2, 0) is 26.8 Å². The fourth-order valence-corrected chi connectivity index (χ4v) is 6.88. The number of hydrogen-bond acceptors (Lipinski definition) is 7. The lowest BCUT2D eigenvalue weighted by Crippen LogP contribution is -2.36. The predicted molar refractivity (Wildman–Crippen MR) is 173 cm³/mol. The van der Waals surface area contributed by atoms with Gasteiger partial charge in [-0.1, -0.05) is 77.5 Å². The minimum atomic E-state index is -4.18. The van der Waals surface area contributed by atoms with E-state index in [1.54, 1.807) is 21.6 Å². The first-order valence-corrected chi connectivity index (χ1v) is 17.7. The summed E-state index contributed by atoms with van der Waals surface area (Å²) in [5, 5.41) is 4.02. The van der Waals surface area contributed by atoms with E-state index in [1.807, 2.05) is 48.5 Å². The second-order valence-corrected chi connectivity index (χ2v) is 14.3. The third kappa shape index (κ3) is 6.60. The highest BCUT2D eigenvalue weighted by atomic mass is 35.5. The quantitative estimate of drug-likeness (QED) is 0.102. The van der Waals surface area contributed by atoms with Gasteiger partial charge in [-0.2, -0.15) is 21.4 Å². The number of rotatable bonds is 9. The number of aromatic nitrogens is 1. The Kier molecular flexibility index (Phi) is 8.43. The average molecular weight is 689 g/mol. The molecule has 2 heterocycles. The molecule has 1 aliphatic heterocycles. The molecule has 14 heteroatoms. The number of hydrogen-bond donors (Lipinski definition) is 2. The molecule has 10 nitrogen and oxygen atoms in total. The molecule has 1 aliphatic rings. The van der Waals surface area contributed by atoms with Crippen LogP contribution in [0.3, 0.4) is 0 Å². The van der Waals surface area contributed by atoms with E-state index < -0.39 is 31.7 Å². The maximum atomic E-state index is 11.4. The zero-order valence-electron chi connectivity index (χ0n) is 23.4. The topological polar surface area (TPSA) is 138 Å². The highest BCUT2D eigenvalue weighted by Crippen LogP contribution is 2.46. The molecular formula is C31H25Cl2N2O8S2+. The zero-order chi connectivity index (χ0) is 31.9. The molecule has 0 radical (unpaired) electrons. The molecule has 0 amide bonds. The first-order valence-electron chi connectivity index (χ1n) is 13.7. The van der Waals surface area contributed by atoms with Gasteiger partial charge >= 0.3 is 5.89 Å². The van der Waals surface area contributed by atoms with Gasteiger partial charge in [0.25, 0.3) is 31.6 Å². The van der Waals surface area contributed by atoms with Gasteiger partial charge in [0, 0.05) is 40.6 Å². The van der Waals surface area contributed by atoms with Gasteiger partial charge in [-0.3, -0.25) is 9.11 Å². The van der Waals surface area contributed by atoms with Crippen LogP contribution in [-0.4, -0.2) is 44.0 Å². The minimum absolute atomic E-state index is 0.0894. The van der Waals surface area contributed by atoms with Crippen molar-refractivity contribution < 1.29 is 39.7 Å². The summed E-state index contributed by atoms with van der Waals surface area (Å²) in [6.45, 7) is 0.343. The van der Waals surface area contributed by atoms with Crippen molar-refractivity contribution >= 4 is 87.8 Å². The standard InChI is InChI=1S/C31H24Cl2N2O8S2/c32-24-18-26-30(22-10-3-1-8-20(22)24)42-28(34(26)14-6-16-44(36,37)38)12-5-13-29-35(15-7-17-45(39,40)41)27-19-25(33)21-9-2-4-11-23(21)31(27)43-29/h1-4,8-12,18-19H,6-7,14-17H2,(H-,36,37,38,39,40,41)/p+1. The lowest BCUT2D eigenvalue weighted by atomic mass is 10.1. The van der Waals surface area contributed by atoms with Crippen LogP contribution >= 0.6 is 23.2 Å². The van der Waals surface area contributed by atoms with Crippen molar-refractivity contribution in [2.75, 3.05) is 23.0 Å². The van der Waals surface area contributed by atoms with Crippen molar-refractivity contribution in [2.45, 2.75) is 19.4 Å². The Morgan fingerprint density at radius 2 is 1.44 bits per heavy atom. The van der Waals surface area contributed by atoms with E-state index in [1.165, 1.54) is 6.08 Å². The normalized spacial score (nSPS) is 13.2. The summed E-state index contributed by atoms with van der Waals surface area (Å²) in [5.74, 6) is 0.134. The van der Waals surface area contributed by atoms with Gasteiger partial charge in [-0.05, 0) is 18.2 Å². The maximum Gasteiger partial charge on any atom is 0.382 e. The smallest absolute Gasteiger partial charge is 0.382 e. The van der Waals surface area contributed by atoms with Gasteiger partial charge in [0.2, 0.25) is 5.58 Å². The summed E-state index contributed by atoms with van der Waals surface area (Å²) in [7, 11) is -8.36. The number of aryl methyl sites for hydroxylation is 1. The molecule has 0 unspecified atom stereocenters. The van der Waals surface area contributed by atoms with Gasteiger partial charge in [-0.15, -0.1) is 0 Å². The van der Waals surface area contributed by atoms with Gasteiger partial charge in [-0.25, -0.2) is 0 Å². The highest BCUT2D eigenvalue weighted by molar-refractivity contribution is 7.86. The summed E-state index contributed by atoms with van der Waals surface area (Å²) in [4.78, 5) is 1.70. The molecule has 5 aromatic rings. The van der Waals surface area contributed by atoms with Crippen molar-refractivity contribution in [1.82, 2.24) is 0 Å². The van der Waals surface area contributed by atoms with Crippen LogP contribution in [0.4, 0.5) is 5.69 Å². The van der Waals surface area contributed by atoms with Gasteiger partial charge in [0.1, 0.15) is 6.08 Å². The Hall–Kier alpha value is -3.83. The van der Waals surface area contributed by atoms with Crippen LogP contribution in [0, 0.1) is 0 Å². The molecular weight excluding hydrogens is 663 g/mol. The summed E-state index contributed by atoms with van der Waals surface area (Å²) >= 11 is 13.2. The van der Waals surface area contributed by atoms with Crippen LogP contribution in [0.1, 0.15) is 18.7 Å². The summed E-state index contributed by atoms with van der Waals surface area (Å²) in [5.41, 5.74) is 7.68. The monoisotopic (exact) mass is 687 g/mol. The molecule has 0 fully saturated rings. The Labute approximate surface area is 268 Å². The van der Waals surface area contributed by atoms with E-state index in [-0.39, 0.29) is 31.8 Å². The number of nitrogens with zero attached hydrogens (tertiary/aromatic N) is 2. The molecule has 6 rings (SSSR count). The van der Waals surface area contributed by atoms with Crippen LogP contribution < -0.4 is 14.2 Å². The molecule has 45 heavy (non-hydrogen) atoms. The number of ether oxygens (including phenoxy) is 1. The molecule has 232 valence electrons. The molecule has 0 spiro atoms. The summed E-state index contributed by atoms with van der Waals surface area (Å²) in [6.07, 6.45) is 1.70. The number of anilines is 1. The van der Waals surface area contributed by atoms with Gasteiger partial charge < -0.3 is 14.1 Å². The molecule has 0 saturated carbocycles. The summed E-state index contributed by atoms with van der Waals surface area (Å²) < 4.78 is 78.4. The zero-order valence-corrected chi connectivity index (χ0v) is 26.5. The van der Waals surface area contributed by atoms with E-state index in [0.29, 0.717) is 38.5 Å². The van der Waals surface area contributed by atoms with E-state index >= 15 is 0 Å². The first kappa shape index (κ1) is 31.2. The number of fused-ring (bicyclic) bond motifs is 6. The molecule has 1 aromatic heterocycles. The second-order valence-electron chi connectivity index (χ2n) is 10.3. The van der Waals surface area contributed by atoms with Crippen molar-refractivity contribution in [2.24, 2.45) is 0 Å². The number of oxazole rings is 1. The van der Waals surface area contributed by atoms with Crippen molar-refractivity contribution in [3.63, 3.8) is 0 Å². The summed E-state index contributed by atoms with van der Waals surface area (Å²) in [6, 6.07) is 18.3. The van der Waals surface area contributed by atoms with Crippen LogP contribution in [0.2, 0.25) is 10.0 Å². The Bertz CT molecular complexity index is 2320. The molecule has 0 bridgehead atoms. The van der Waals surface area contributed by atoms with Crippen LogP contribution in [0.25, 0.3) is 38.7 Å². The van der Waals surface area contributed by atoms with Gasteiger partial charge in [0.15, 0.2) is 12.3 Å². The Morgan fingerprint density at radius 1 is 0.844 bits per heavy atom. The van der Waals surface area contributed by atoms with Gasteiger partial charge in [0.05, 0.1) is 27.2 Å². The van der Waals surface area contributed by atoms with E-state index in [4.69, 9.17) is 32.4 Å². The highest BCUT2D eigenvalue weighted by Gasteiger charge is 2.30. The number of halogens is 2. The first-order chi connectivity index (χ1) is 21.4. The van der Waals surface area contributed by atoms with Crippen molar-refractivity contribution in [3.05, 3.63) is 93.9 Å². The molecule has 2 N–H and O–H groups in total. The van der Waals surface area contributed by atoms with Crippen LogP contribution in [0.5, 0.6) is 5.75 Å². The third-order valence-electron chi connectivity index (χ3n) is 7.29. The predicted octanol–water partition coefficient (Wildman–Crippen LogP) is 6.40. The fraction of sp³-hybridized carbons (Fsp3) is 0.194. The van der Waals surface area contributed by atoms with Crippen molar-refractivity contribution in [1.29, 1.82) is 0 Å². The second kappa shape index (κ2) is 12.2. The lowest BCUT2D eigenvalue weighted by Gasteiger charge is -2.16. The SMILES string of the molecule is O=S(=O)(O)CCCN1C(=C=C=Cc2oc3c4ccccc4c(Cl)cc3[n+]2CCCS(=O)(=O)O)Oc2c1cc(Cl)c1ccccc21. The largest absolute Gasteiger partial charge is 0.430 e. The Morgan fingerprint density at radius 3 is 2.13 bits per heavy atom. The fourth-order valence-electron chi connectivity index (χ4n) is 5.36. The Balaban J connectivity index is 1.47. The van der Waals surface area contributed by atoms with E-state index in [0.717, 1.165) is 21.5 Å². The minimum Gasteiger partial charge on any atom is -0.430 e. The molecule has 0 atom stereocenters. The van der Waals surface area contributed by atoms with Crippen molar-refractivity contribution in [3.8, 4) is 5.75 Å². The molecule has 4 aromatic carbocycles. The van der Waals surface area contributed by atoms with E-state index in [9.17, 15) is 25.9 Å². The van der Waals surface area contributed by atoms with E-state index in [2.05, 4.69) is 11.5 Å². The molecule has 0 aliphatic carbocycles. The third-order valence-corrected chi connectivity index (χ3v) is 9.53. The number of benzene rings is 4.